The van der Waals surface area contributed by atoms with Crippen molar-refractivity contribution in [3.8, 4) is 11.5 Å². The summed E-state index contributed by atoms with van der Waals surface area (Å²) in [5.41, 5.74) is 3.29. The van der Waals surface area contributed by atoms with E-state index >= 15 is 0 Å². The van der Waals surface area contributed by atoms with Crippen LogP contribution in [0, 0.1) is 11.7 Å². The standard InChI is InChI=1S/C27H35FN2O3/c1-4-23(29-27(31)19-9-5-6-10-19)26-22-16-25(33-3)24(32-2)15-20(22)12-13-30(26)17-18-8-7-11-21(28)14-18/h7-8,11,14-16,19,23,26H,4-6,9-10,12-13,17H2,1-3H3,(H,29,31). The Morgan fingerprint density at radius 1 is 1.15 bits per heavy atom. The molecule has 0 spiro atoms. The molecule has 6 heteroatoms. The van der Waals surface area contributed by atoms with Crippen LogP contribution in [-0.4, -0.2) is 37.6 Å². The first-order valence-electron chi connectivity index (χ1n) is 12.1. The Labute approximate surface area is 196 Å². The second-order valence-electron chi connectivity index (χ2n) is 9.21. The normalized spacial score (nSPS) is 19.7. The Bertz CT molecular complexity index is 974. The van der Waals surface area contributed by atoms with Gasteiger partial charge in [-0.25, -0.2) is 4.39 Å². The molecule has 2 aromatic carbocycles. The fraction of sp³-hybridized carbons (Fsp3) is 0.519. The number of ether oxygens (including phenoxy) is 2. The maximum atomic E-state index is 13.9. The number of benzene rings is 2. The first-order chi connectivity index (χ1) is 16.0. The fourth-order valence-corrected chi connectivity index (χ4v) is 5.44. The van der Waals surface area contributed by atoms with Gasteiger partial charge in [0, 0.05) is 25.0 Å². The van der Waals surface area contributed by atoms with Crippen molar-refractivity contribution in [2.45, 2.75) is 64.1 Å². The van der Waals surface area contributed by atoms with Gasteiger partial charge >= 0.3 is 0 Å². The summed E-state index contributed by atoms with van der Waals surface area (Å²) in [4.78, 5) is 15.4. The second-order valence-corrected chi connectivity index (χ2v) is 9.21. The summed E-state index contributed by atoms with van der Waals surface area (Å²) >= 11 is 0. The summed E-state index contributed by atoms with van der Waals surface area (Å²) < 4.78 is 25.1. The van der Waals surface area contributed by atoms with Gasteiger partial charge in [-0.15, -0.1) is 0 Å². The van der Waals surface area contributed by atoms with Gasteiger partial charge in [0.1, 0.15) is 5.82 Å². The zero-order valence-electron chi connectivity index (χ0n) is 19.9. The fourth-order valence-electron chi connectivity index (χ4n) is 5.44. The van der Waals surface area contributed by atoms with Crippen molar-refractivity contribution in [3.05, 3.63) is 58.9 Å². The first-order valence-corrected chi connectivity index (χ1v) is 12.1. The zero-order chi connectivity index (χ0) is 23.4. The van der Waals surface area contributed by atoms with Gasteiger partial charge in [-0.2, -0.15) is 0 Å². The molecular formula is C27H35FN2O3. The summed E-state index contributed by atoms with van der Waals surface area (Å²) in [6, 6.07) is 10.8. The lowest BCUT2D eigenvalue weighted by Crippen LogP contribution is -2.49. The predicted octanol–water partition coefficient (Wildman–Crippen LogP) is 5.03. The molecule has 33 heavy (non-hydrogen) atoms. The molecule has 5 nitrogen and oxygen atoms in total. The minimum Gasteiger partial charge on any atom is -0.493 e. The number of rotatable bonds is 8. The molecule has 4 rings (SSSR count). The molecule has 0 bridgehead atoms. The van der Waals surface area contributed by atoms with Crippen LogP contribution in [0.2, 0.25) is 0 Å². The van der Waals surface area contributed by atoms with Crippen molar-refractivity contribution in [1.29, 1.82) is 0 Å². The molecular weight excluding hydrogens is 419 g/mol. The second kappa shape index (κ2) is 10.6. The molecule has 2 aromatic rings. The van der Waals surface area contributed by atoms with Crippen molar-refractivity contribution in [3.63, 3.8) is 0 Å². The van der Waals surface area contributed by atoms with E-state index in [1.54, 1.807) is 26.4 Å². The monoisotopic (exact) mass is 454 g/mol. The van der Waals surface area contributed by atoms with Crippen LogP contribution in [-0.2, 0) is 17.8 Å². The summed E-state index contributed by atoms with van der Waals surface area (Å²) in [5, 5.41) is 3.39. The van der Waals surface area contributed by atoms with Gasteiger partial charge in [-0.05, 0) is 66.6 Å². The number of hydrogen-bond donors (Lipinski definition) is 1. The molecule has 1 heterocycles. The van der Waals surface area contributed by atoms with Crippen LogP contribution < -0.4 is 14.8 Å². The van der Waals surface area contributed by atoms with Gasteiger partial charge in [0.25, 0.3) is 0 Å². The summed E-state index contributed by atoms with van der Waals surface area (Å²) in [7, 11) is 3.29. The molecule has 1 aliphatic carbocycles. The number of amides is 1. The van der Waals surface area contributed by atoms with E-state index in [0.29, 0.717) is 12.3 Å². The molecule has 1 saturated carbocycles. The molecule has 1 N–H and O–H groups in total. The van der Waals surface area contributed by atoms with E-state index < -0.39 is 0 Å². The Morgan fingerprint density at radius 3 is 2.55 bits per heavy atom. The van der Waals surface area contributed by atoms with E-state index in [9.17, 15) is 9.18 Å². The number of hydrogen-bond acceptors (Lipinski definition) is 4. The third-order valence-corrected chi connectivity index (χ3v) is 7.18. The Balaban J connectivity index is 1.69. The van der Waals surface area contributed by atoms with Gasteiger partial charge in [-0.1, -0.05) is 31.9 Å². The highest BCUT2D eigenvalue weighted by atomic mass is 19.1. The Morgan fingerprint density at radius 2 is 1.88 bits per heavy atom. The van der Waals surface area contributed by atoms with Gasteiger partial charge in [0.2, 0.25) is 5.91 Å². The minimum absolute atomic E-state index is 0.0350. The van der Waals surface area contributed by atoms with Gasteiger partial charge < -0.3 is 14.8 Å². The highest BCUT2D eigenvalue weighted by Gasteiger charge is 2.36. The average Bonchev–Trinajstić information content (AvgIpc) is 3.37. The number of nitrogens with one attached hydrogen (secondary N) is 1. The largest absolute Gasteiger partial charge is 0.493 e. The molecule has 178 valence electrons. The van der Waals surface area contributed by atoms with Crippen LogP contribution in [0.15, 0.2) is 36.4 Å². The molecule has 2 aliphatic rings. The van der Waals surface area contributed by atoms with Crippen molar-refractivity contribution >= 4 is 5.91 Å². The average molecular weight is 455 g/mol. The molecule has 1 aliphatic heterocycles. The van der Waals surface area contributed by atoms with Gasteiger partial charge in [0.05, 0.1) is 20.3 Å². The van der Waals surface area contributed by atoms with E-state index in [-0.39, 0.29) is 29.7 Å². The summed E-state index contributed by atoms with van der Waals surface area (Å²) in [6.45, 7) is 3.56. The Kier molecular flexibility index (Phi) is 7.53. The molecule has 2 atom stereocenters. The molecule has 0 saturated heterocycles. The van der Waals surface area contributed by atoms with E-state index in [1.165, 1.54) is 11.6 Å². The van der Waals surface area contributed by atoms with Crippen molar-refractivity contribution in [1.82, 2.24) is 10.2 Å². The zero-order valence-corrected chi connectivity index (χ0v) is 19.9. The molecule has 0 radical (unpaired) electrons. The van der Waals surface area contributed by atoms with E-state index in [2.05, 4.69) is 29.3 Å². The molecule has 1 fully saturated rings. The van der Waals surface area contributed by atoms with Gasteiger partial charge in [-0.3, -0.25) is 9.69 Å². The van der Waals surface area contributed by atoms with Crippen LogP contribution in [0.5, 0.6) is 11.5 Å². The quantitative estimate of drug-likeness (QED) is 0.608. The van der Waals surface area contributed by atoms with E-state index in [1.807, 2.05) is 6.07 Å². The number of carbonyl (C=O) groups excluding carboxylic acids is 1. The topological polar surface area (TPSA) is 50.8 Å². The number of nitrogens with zero attached hydrogens (tertiary/aromatic N) is 1. The number of fused-ring (bicyclic) bond motifs is 1. The number of carbonyl (C=O) groups is 1. The lowest BCUT2D eigenvalue weighted by atomic mass is 9.86. The summed E-state index contributed by atoms with van der Waals surface area (Å²) in [5.74, 6) is 1.46. The van der Waals surface area contributed by atoms with E-state index in [4.69, 9.17) is 9.47 Å². The highest BCUT2D eigenvalue weighted by molar-refractivity contribution is 5.79. The van der Waals surface area contributed by atoms with Crippen molar-refractivity contribution < 1.29 is 18.7 Å². The maximum absolute atomic E-state index is 13.9. The van der Waals surface area contributed by atoms with Crippen molar-refractivity contribution in [2.75, 3.05) is 20.8 Å². The van der Waals surface area contributed by atoms with E-state index in [0.717, 1.165) is 61.9 Å². The third kappa shape index (κ3) is 5.16. The van der Waals surface area contributed by atoms with Crippen LogP contribution in [0.4, 0.5) is 4.39 Å². The van der Waals surface area contributed by atoms with Crippen LogP contribution in [0.25, 0.3) is 0 Å². The predicted molar refractivity (Wildman–Crippen MR) is 127 cm³/mol. The number of halogens is 1. The molecule has 1 amide bonds. The van der Waals surface area contributed by atoms with Crippen LogP contribution >= 0.6 is 0 Å². The highest BCUT2D eigenvalue weighted by Crippen LogP contribution is 2.41. The minimum atomic E-state index is -0.227. The van der Waals surface area contributed by atoms with Crippen LogP contribution in [0.3, 0.4) is 0 Å². The smallest absolute Gasteiger partial charge is 0.223 e. The lowest BCUT2D eigenvalue weighted by molar-refractivity contribution is -0.126. The molecule has 0 aromatic heterocycles. The third-order valence-electron chi connectivity index (χ3n) is 7.18. The lowest BCUT2D eigenvalue weighted by Gasteiger charge is -2.42. The van der Waals surface area contributed by atoms with Gasteiger partial charge in [0.15, 0.2) is 11.5 Å². The number of methoxy groups -OCH3 is 2. The maximum Gasteiger partial charge on any atom is 0.223 e. The molecule has 2 unspecified atom stereocenters. The SMILES string of the molecule is CCC(NC(=O)C1CCCC1)C1c2cc(OC)c(OC)cc2CCN1Cc1cccc(F)c1. The first kappa shape index (κ1) is 23.6. The van der Waals surface area contributed by atoms with Crippen molar-refractivity contribution in [2.24, 2.45) is 5.92 Å². The van der Waals surface area contributed by atoms with Crippen LogP contribution in [0.1, 0.15) is 61.8 Å². The summed E-state index contributed by atoms with van der Waals surface area (Å²) in [6.07, 6.45) is 5.86. The Hall–Kier alpha value is -2.60.